The number of rotatable bonds is 2. The average Bonchev–Trinajstić information content (AvgIpc) is 2.39. The number of carbonyl (C=O) groups excluding carboxylic acids is 1. The van der Waals surface area contributed by atoms with E-state index in [-0.39, 0.29) is 18.3 Å². The first-order valence-corrected chi connectivity index (χ1v) is 6.35. The van der Waals surface area contributed by atoms with Gasteiger partial charge in [0.15, 0.2) is 0 Å². The Morgan fingerprint density at radius 3 is 2.67 bits per heavy atom. The summed E-state index contributed by atoms with van der Waals surface area (Å²) >= 11 is 0. The van der Waals surface area contributed by atoms with Crippen molar-refractivity contribution in [3.8, 4) is 0 Å². The molecule has 1 fully saturated rings. The van der Waals surface area contributed by atoms with E-state index in [0.29, 0.717) is 11.6 Å². The minimum Gasteiger partial charge on any atom is -0.399 e. The molecule has 0 saturated carbocycles. The minimum atomic E-state index is 0. The van der Waals surface area contributed by atoms with Crippen LogP contribution in [0.15, 0.2) is 24.3 Å². The molecule has 0 spiro atoms. The number of hydrogen-bond acceptors (Lipinski definition) is 2. The Morgan fingerprint density at radius 1 is 1.39 bits per heavy atom. The molecule has 18 heavy (non-hydrogen) atoms. The van der Waals surface area contributed by atoms with Crippen LogP contribution >= 0.6 is 12.4 Å². The van der Waals surface area contributed by atoms with Crippen molar-refractivity contribution in [2.45, 2.75) is 26.2 Å². The molecule has 1 aromatic rings. The van der Waals surface area contributed by atoms with Gasteiger partial charge in [0, 0.05) is 24.3 Å². The average molecular weight is 269 g/mol. The van der Waals surface area contributed by atoms with Crippen LogP contribution in [0.5, 0.6) is 0 Å². The first kappa shape index (κ1) is 14.8. The lowest BCUT2D eigenvalue weighted by molar-refractivity contribution is 0.0671. The van der Waals surface area contributed by atoms with Gasteiger partial charge in [0.05, 0.1) is 0 Å². The van der Waals surface area contributed by atoms with E-state index in [2.05, 4.69) is 6.92 Å². The van der Waals surface area contributed by atoms with Crippen LogP contribution in [0.2, 0.25) is 0 Å². The summed E-state index contributed by atoms with van der Waals surface area (Å²) < 4.78 is 0. The lowest BCUT2D eigenvalue weighted by Crippen LogP contribution is -2.39. The van der Waals surface area contributed by atoms with E-state index in [4.69, 9.17) is 5.73 Å². The van der Waals surface area contributed by atoms with E-state index in [0.717, 1.165) is 31.5 Å². The van der Waals surface area contributed by atoms with Gasteiger partial charge in [-0.1, -0.05) is 13.3 Å². The Hall–Kier alpha value is -1.22. The standard InChI is InChI=1S/C14H20N2O.ClH/c1-2-11-4-3-9-16(10-11)14(17)12-5-7-13(15)8-6-12;/h5-8,11H,2-4,9-10,15H2,1H3;1H. The van der Waals surface area contributed by atoms with Gasteiger partial charge in [-0.25, -0.2) is 0 Å². The number of hydrogen-bond donors (Lipinski definition) is 1. The summed E-state index contributed by atoms with van der Waals surface area (Å²) in [4.78, 5) is 14.2. The summed E-state index contributed by atoms with van der Waals surface area (Å²) in [7, 11) is 0. The van der Waals surface area contributed by atoms with Crippen molar-refractivity contribution in [2.75, 3.05) is 18.8 Å². The number of benzene rings is 1. The van der Waals surface area contributed by atoms with Crippen molar-refractivity contribution >= 4 is 24.0 Å². The molecule has 1 aliphatic rings. The summed E-state index contributed by atoms with van der Waals surface area (Å²) in [5.74, 6) is 0.810. The van der Waals surface area contributed by atoms with Gasteiger partial charge in [-0.3, -0.25) is 4.79 Å². The van der Waals surface area contributed by atoms with Gasteiger partial charge in [-0.15, -0.1) is 12.4 Å². The smallest absolute Gasteiger partial charge is 0.253 e. The van der Waals surface area contributed by atoms with E-state index in [1.54, 1.807) is 12.1 Å². The Labute approximate surface area is 115 Å². The molecule has 1 aromatic carbocycles. The topological polar surface area (TPSA) is 46.3 Å². The van der Waals surface area contributed by atoms with E-state index in [1.807, 2.05) is 17.0 Å². The normalized spacial score (nSPS) is 19.2. The van der Waals surface area contributed by atoms with Crippen LogP contribution in [0, 0.1) is 5.92 Å². The number of nitrogens with two attached hydrogens (primary N) is 1. The second kappa shape index (κ2) is 6.64. The number of anilines is 1. The number of amides is 1. The number of halogens is 1. The number of carbonyl (C=O) groups is 1. The SMILES string of the molecule is CCC1CCCN(C(=O)c2ccc(N)cc2)C1.Cl. The molecular formula is C14H21ClN2O. The maximum absolute atomic E-state index is 12.3. The zero-order chi connectivity index (χ0) is 12.3. The summed E-state index contributed by atoms with van der Waals surface area (Å²) in [6, 6.07) is 7.20. The van der Waals surface area contributed by atoms with Crippen LogP contribution in [0.3, 0.4) is 0 Å². The fourth-order valence-electron chi connectivity index (χ4n) is 2.39. The molecule has 4 heteroatoms. The lowest BCUT2D eigenvalue weighted by atomic mass is 9.95. The van der Waals surface area contributed by atoms with Gasteiger partial charge < -0.3 is 10.6 Å². The van der Waals surface area contributed by atoms with E-state index < -0.39 is 0 Å². The molecule has 3 nitrogen and oxygen atoms in total. The van der Waals surface area contributed by atoms with E-state index in [1.165, 1.54) is 6.42 Å². The molecule has 1 heterocycles. The Balaban J connectivity index is 0.00000162. The van der Waals surface area contributed by atoms with Crippen LogP contribution < -0.4 is 5.73 Å². The lowest BCUT2D eigenvalue weighted by Gasteiger charge is -2.32. The number of likely N-dealkylation sites (tertiary alicyclic amines) is 1. The first-order chi connectivity index (χ1) is 8.20. The molecule has 0 aromatic heterocycles. The second-order valence-electron chi connectivity index (χ2n) is 4.79. The van der Waals surface area contributed by atoms with E-state index >= 15 is 0 Å². The largest absolute Gasteiger partial charge is 0.399 e. The molecule has 1 amide bonds. The zero-order valence-electron chi connectivity index (χ0n) is 10.8. The van der Waals surface area contributed by atoms with Crippen molar-refractivity contribution < 1.29 is 4.79 Å². The number of piperidine rings is 1. The number of nitrogen functional groups attached to an aromatic ring is 1. The number of nitrogens with zero attached hydrogens (tertiary/aromatic N) is 1. The van der Waals surface area contributed by atoms with Gasteiger partial charge in [-0.05, 0) is 43.0 Å². The zero-order valence-corrected chi connectivity index (χ0v) is 11.6. The maximum Gasteiger partial charge on any atom is 0.253 e. The monoisotopic (exact) mass is 268 g/mol. The van der Waals surface area contributed by atoms with Gasteiger partial charge in [-0.2, -0.15) is 0 Å². The molecule has 1 unspecified atom stereocenters. The maximum atomic E-state index is 12.3. The highest BCUT2D eigenvalue weighted by atomic mass is 35.5. The van der Waals surface area contributed by atoms with Gasteiger partial charge >= 0.3 is 0 Å². The predicted octanol–water partition coefficient (Wildman–Crippen LogP) is 2.95. The second-order valence-corrected chi connectivity index (χ2v) is 4.79. The molecular weight excluding hydrogens is 248 g/mol. The third kappa shape index (κ3) is 3.39. The summed E-state index contributed by atoms with van der Waals surface area (Å²) in [5, 5.41) is 0. The summed E-state index contributed by atoms with van der Waals surface area (Å²) in [6.07, 6.45) is 3.53. The van der Waals surface area contributed by atoms with Crippen LogP contribution in [0.1, 0.15) is 36.5 Å². The highest BCUT2D eigenvalue weighted by molar-refractivity contribution is 5.94. The van der Waals surface area contributed by atoms with Crippen LogP contribution in [0.4, 0.5) is 5.69 Å². The predicted molar refractivity (Wildman–Crippen MR) is 77.0 cm³/mol. The third-order valence-corrected chi connectivity index (χ3v) is 3.54. The quantitative estimate of drug-likeness (QED) is 0.839. The highest BCUT2D eigenvalue weighted by Crippen LogP contribution is 2.21. The van der Waals surface area contributed by atoms with Crippen LogP contribution in [-0.2, 0) is 0 Å². The minimum absolute atomic E-state index is 0. The molecule has 0 aliphatic carbocycles. The molecule has 1 atom stereocenters. The fourth-order valence-corrected chi connectivity index (χ4v) is 2.39. The molecule has 2 N–H and O–H groups in total. The molecule has 100 valence electrons. The molecule has 0 radical (unpaired) electrons. The Kier molecular flexibility index (Phi) is 5.48. The Bertz CT molecular complexity index is 391. The molecule has 1 saturated heterocycles. The van der Waals surface area contributed by atoms with Crippen LogP contribution in [0.25, 0.3) is 0 Å². The highest BCUT2D eigenvalue weighted by Gasteiger charge is 2.23. The van der Waals surface area contributed by atoms with Gasteiger partial charge in [0.2, 0.25) is 0 Å². The van der Waals surface area contributed by atoms with Crippen molar-refractivity contribution in [3.63, 3.8) is 0 Å². The van der Waals surface area contributed by atoms with E-state index in [9.17, 15) is 4.79 Å². The third-order valence-electron chi connectivity index (χ3n) is 3.54. The van der Waals surface area contributed by atoms with Crippen molar-refractivity contribution in [1.82, 2.24) is 4.90 Å². The Morgan fingerprint density at radius 2 is 2.06 bits per heavy atom. The van der Waals surface area contributed by atoms with Crippen LogP contribution in [-0.4, -0.2) is 23.9 Å². The van der Waals surface area contributed by atoms with Crippen molar-refractivity contribution in [1.29, 1.82) is 0 Å². The molecule has 1 aliphatic heterocycles. The van der Waals surface area contributed by atoms with Crippen molar-refractivity contribution in [2.24, 2.45) is 5.92 Å². The summed E-state index contributed by atoms with van der Waals surface area (Å²) in [6.45, 7) is 3.99. The van der Waals surface area contributed by atoms with Gasteiger partial charge in [0.25, 0.3) is 5.91 Å². The first-order valence-electron chi connectivity index (χ1n) is 6.35. The molecule has 0 bridgehead atoms. The van der Waals surface area contributed by atoms with Crippen molar-refractivity contribution in [3.05, 3.63) is 29.8 Å². The molecule has 2 rings (SSSR count). The van der Waals surface area contributed by atoms with Gasteiger partial charge in [0.1, 0.15) is 0 Å². The fraction of sp³-hybridized carbons (Fsp3) is 0.500. The summed E-state index contributed by atoms with van der Waals surface area (Å²) in [5.41, 5.74) is 7.07.